The van der Waals surface area contributed by atoms with Gasteiger partial charge in [0.2, 0.25) is 5.91 Å². The number of aliphatic hydroxyl groups excluding tert-OH is 1. The molecule has 0 saturated heterocycles. The quantitative estimate of drug-likeness (QED) is 0.0391. The lowest BCUT2D eigenvalue weighted by molar-refractivity contribution is -0.122. The SMILES string of the molecule is CCCCCCCCCCCC/C=C/CC/C=C/C(O)C(CS(=O)(=O)O)NC(=O)CCCCCCCCCCCCCC. The van der Waals surface area contributed by atoms with E-state index < -0.39 is 28.0 Å². The maximum atomic E-state index is 12.4. The van der Waals surface area contributed by atoms with E-state index in [0.717, 1.165) is 38.5 Å². The number of allylic oxidation sites excluding steroid dienone is 3. The molecule has 2 unspecified atom stereocenters. The molecule has 0 bridgehead atoms. The van der Waals surface area contributed by atoms with E-state index in [2.05, 4.69) is 31.3 Å². The van der Waals surface area contributed by atoms with E-state index in [1.807, 2.05) is 6.08 Å². The van der Waals surface area contributed by atoms with Gasteiger partial charge in [0.1, 0.15) is 0 Å². The highest BCUT2D eigenvalue weighted by molar-refractivity contribution is 7.85. The van der Waals surface area contributed by atoms with Crippen LogP contribution in [-0.2, 0) is 14.9 Å². The van der Waals surface area contributed by atoms with Crippen LogP contribution in [0, 0.1) is 0 Å². The summed E-state index contributed by atoms with van der Waals surface area (Å²) < 4.78 is 32.3. The molecule has 0 aromatic carbocycles. The number of hydrogen-bond donors (Lipinski definition) is 3. The summed E-state index contributed by atoms with van der Waals surface area (Å²) in [5.74, 6) is -0.996. The first-order chi connectivity index (χ1) is 20.8. The summed E-state index contributed by atoms with van der Waals surface area (Å²) in [5, 5.41) is 13.1. The Hall–Kier alpha value is -1.18. The van der Waals surface area contributed by atoms with Gasteiger partial charge in [0.25, 0.3) is 10.1 Å². The van der Waals surface area contributed by atoms with Crippen molar-refractivity contribution in [3.05, 3.63) is 24.3 Å². The number of carbonyl (C=O) groups excluding carboxylic acids is 1. The minimum absolute atomic E-state index is 0.289. The van der Waals surface area contributed by atoms with Crippen LogP contribution in [0.5, 0.6) is 0 Å². The van der Waals surface area contributed by atoms with Gasteiger partial charge < -0.3 is 10.4 Å². The van der Waals surface area contributed by atoms with Crippen molar-refractivity contribution in [3.63, 3.8) is 0 Å². The first kappa shape index (κ1) is 41.8. The van der Waals surface area contributed by atoms with Crippen molar-refractivity contribution in [2.24, 2.45) is 0 Å². The number of carbonyl (C=O) groups is 1. The van der Waals surface area contributed by atoms with E-state index in [0.29, 0.717) is 6.42 Å². The lowest BCUT2D eigenvalue weighted by atomic mass is 10.0. The van der Waals surface area contributed by atoms with E-state index in [1.165, 1.54) is 128 Å². The summed E-state index contributed by atoms with van der Waals surface area (Å²) in [4.78, 5) is 12.4. The van der Waals surface area contributed by atoms with E-state index in [4.69, 9.17) is 0 Å². The topological polar surface area (TPSA) is 104 Å². The van der Waals surface area contributed by atoms with Crippen LogP contribution in [0.1, 0.15) is 181 Å². The summed E-state index contributed by atoms with van der Waals surface area (Å²) in [7, 11) is -4.34. The molecule has 2 atom stereocenters. The van der Waals surface area contributed by atoms with Crippen LogP contribution >= 0.6 is 0 Å². The molecule has 6 nitrogen and oxygen atoms in total. The zero-order chi connectivity index (χ0) is 31.9. The van der Waals surface area contributed by atoms with Gasteiger partial charge in [0.15, 0.2) is 0 Å². The highest BCUT2D eigenvalue weighted by atomic mass is 32.2. The first-order valence-corrected chi connectivity index (χ1v) is 19.6. The highest BCUT2D eigenvalue weighted by Crippen LogP contribution is 2.14. The third-order valence-corrected chi connectivity index (χ3v) is 8.91. The molecule has 3 N–H and O–H groups in total. The molecule has 254 valence electrons. The molecule has 0 spiro atoms. The van der Waals surface area contributed by atoms with Gasteiger partial charge in [-0.1, -0.05) is 167 Å². The number of unbranched alkanes of at least 4 members (excludes halogenated alkanes) is 22. The van der Waals surface area contributed by atoms with Gasteiger partial charge in [-0.2, -0.15) is 8.42 Å². The van der Waals surface area contributed by atoms with Gasteiger partial charge in [-0.3, -0.25) is 9.35 Å². The van der Waals surface area contributed by atoms with Gasteiger partial charge in [-0.15, -0.1) is 0 Å². The number of amides is 1. The van der Waals surface area contributed by atoms with Gasteiger partial charge in [-0.05, 0) is 32.1 Å². The Morgan fingerprint density at radius 1 is 0.605 bits per heavy atom. The van der Waals surface area contributed by atoms with E-state index in [1.54, 1.807) is 0 Å². The number of aliphatic hydroxyl groups is 1. The molecular weight excluding hydrogens is 558 g/mol. The van der Waals surface area contributed by atoms with Crippen LogP contribution < -0.4 is 5.32 Å². The van der Waals surface area contributed by atoms with Gasteiger partial charge in [-0.25, -0.2) is 0 Å². The minimum atomic E-state index is -4.34. The molecule has 0 fully saturated rings. The molecule has 0 heterocycles. The number of nitrogens with one attached hydrogen (secondary N) is 1. The van der Waals surface area contributed by atoms with Crippen molar-refractivity contribution in [3.8, 4) is 0 Å². The second-order valence-corrected chi connectivity index (χ2v) is 14.0. The van der Waals surface area contributed by atoms with Gasteiger partial charge in [0, 0.05) is 6.42 Å². The summed E-state index contributed by atoms with van der Waals surface area (Å²) >= 11 is 0. The second kappa shape index (κ2) is 30.8. The predicted octanol–water partition coefficient (Wildman–Crippen LogP) is 10.0. The van der Waals surface area contributed by atoms with Crippen molar-refractivity contribution in [2.75, 3.05) is 5.75 Å². The van der Waals surface area contributed by atoms with Crippen molar-refractivity contribution in [2.45, 2.75) is 193 Å². The third kappa shape index (κ3) is 32.0. The summed E-state index contributed by atoms with van der Waals surface area (Å²) in [6.07, 6.45) is 37.3. The molecule has 0 aromatic rings. The van der Waals surface area contributed by atoms with Crippen LogP contribution in [0.2, 0.25) is 0 Å². The largest absolute Gasteiger partial charge is 0.387 e. The Kier molecular flexibility index (Phi) is 30.0. The fraction of sp³-hybridized carbons (Fsp3) is 0.861. The molecular formula is C36H69NO5S. The van der Waals surface area contributed by atoms with Crippen molar-refractivity contribution >= 4 is 16.0 Å². The average Bonchev–Trinajstić information content (AvgIpc) is 2.96. The summed E-state index contributed by atoms with van der Waals surface area (Å²) in [6.45, 7) is 4.49. The normalized spacial score (nSPS) is 13.7. The van der Waals surface area contributed by atoms with Crippen LogP contribution in [0.3, 0.4) is 0 Å². The fourth-order valence-electron chi connectivity index (χ4n) is 5.41. The standard InChI is InChI=1S/C36H69NO5S/c1-3-5-7-9-11-13-15-17-18-19-20-21-23-25-27-29-31-35(38)34(33-43(40,41)42)37-36(39)32-30-28-26-24-22-16-14-12-10-8-6-4-2/h21,23,29,31,34-35,38H,3-20,22,24-28,30,32-33H2,1-2H3,(H,37,39)(H,40,41,42)/b23-21+,31-29+. The Bertz CT molecular complexity index is 781. The van der Waals surface area contributed by atoms with Crippen LogP contribution in [-0.4, -0.2) is 41.9 Å². The number of hydrogen-bond acceptors (Lipinski definition) is 4. The maximum Gasteiger partial charge on any atom is 0.267 e. The zero-order valence-corrected chi connectivity index (χ0v) is 28.9. The summed E-state index contributed by atoms with van der Waals surface area (Å²) in [6, 6.07) is -1.07. The van der Waals surface area contributed by atoms with Crippen molar-refractivity contribution in [1.29, 1.82) is 0 Å². The Balaban J connectivity index is 4.04. The molecule has 0 radical (unpaired) electrons. The van der Waals surface area contributed by atoms with Gasteiger partial charge in [0.05, 0.1) is 17.9 Å². The predicted molar refractivity (Wildman–Crippen MR) is 184 cm³/mol. The lowest BCUT2D eigenvalue weighted by Crippen LogP contribution is -2.46. The molecule has 0 rings (SSSR count). The Morgan fingerprint density at radius 3 is 1.47 bits per heavy atom. The number of rotatable bonds is 32. The van der Waals surface area contributed by atoms with E-state index >= 15 is 0 Å². The monoisotopic (exact) mass is 627 g/mol. The Labute approximate surface area is 266 Å². The van der Waals surface area contributed by atoms with E-state index in [-0.39, 0.29) is 5.91 Å². The van der Waals surface area contributed by atoms with Crippen molar-refractivity contribution in [1.82, 2.24) is 5.32 Å². The minimum Gasteiger partial charge on any atom is -0.387 e. The van der Waals surface area contributed by atoms with Crippen LogP contribution in [0.25, 0.3) is 0 Å². The second-order valence-electron chi connectivity index (χ2n) is 12.5. The molecule has 0 aliphatic heterocycles. The van der Waals surface area contributed by atoms with Crippen LogP contribution in [0.15, 0.2) is 24.3 Å². The Morgan fingerprint density at radius 2 is 1.00 bits per heavy atom. The molecule has 0 aliphatic rings. The van der Waals surface area contributed by atoms with Crippen LogP contribution in [0.4, 0.5) is 0 Å². The van der Waals surface area contributed by atoms with Gasteiger partial charge >= 0.3 is 0 Å². The third-order valence-electron chi connectivity index (χ3n) is 8.13. The average molecular weight is 628 g/mol. The maximum absolute atomic E-state index is 12.4. The molecule has 0 saturated carbocycles. The fourth-order valence-corrected chi connectivity index (χ4v) is 6.14. The van der Waals surface area contributed by atoms with E-state index in [9.17, 15) is 22.9 Å². The molecule has 7 heteroatoms. The summed E-state index contributed by atoms with van der Waals surface area (Å²) in [5.41, 5.74) is 0. The lowest BCUT2D eigenvalue weighted by Gasteiger charge is -2.21. The smallest absolute Gasteiger partial charge is 0.267 e. The first-order valence-electron chi connectivity index (χ1n) is 18.0. The molecule has 43 heavy (non-hydrogen) atoms. The highest BCUT2D eigenvalue weighted by Gasteiger charge is 2.24. The molecule has 1 amide bonds. The molecule has 0 aliphatic carbocycles. The molecule has 0 aromatic heterocycles. The zero-order valence-electron chi connectivity index (χ0n) is 28.1. The van der Waals surface area contributed by atoms with Crippen molar-refractivity contribution < 1.29 is 22.9 Å².